The Hall–Kier alpha value is -2.28. The quantitative estimate of drug-likeness (QED) is 0.729. The van der Waals surface area contributed by atoms with E-state index >= 15 is 0 Å². The summed E-state index contributed by atoms with van der Waals surface area (Å²) >= 11 is 0. The van der Waals surface area contributed by atoms with E-state index in [1.807, 2.05) is 0 Å². The third-order valence-electron chi connectivity index (χ3n) is 2.86. The number of carbonyl (C=O) groups excluding carboxylic acids is 1. The van der Waals surface area contributed by atoms with Gasteiger partial charge in [0.15, 0.2) is 0 Å². The van der Waals surface area contributed by atoms with Crippen LogP contribution in [0.3, 0.4) is 0 Å². The lowest BCUT2D eigenvalue weighted by Crippen LogP contribution is -2.18. The van der Waals surface area contributed by atoms with Crippen LogP contribution < -0.4 is 11.1 Å². The molecule has 0 spiro atoms. The summed E-state index contributed by atoms with van der Waals surface area (Å²) < 4.78 is 15.3. The molecule has 1 heterocycles. The van der Waals surface area contributed by atoms with Gasteiger partial charge in [-0.15, -0.1) is 5.10 Å². The average molecular weight is 277 g/mol. The van der Waals surface area contributed by atoms with E-state index < -0.39 is 5.91 Å². The summed E-state index contributed by atoms with van der Waals surface area (Å²) in [5, 5.41) is 10.7. The summed E-state index contributed by atoms with van der Waals surface area (Å²) in [6.45, 7) is 1.81. The minimum atomic E-state index is -0.558. The number of primary amides is 1. The smallest absolute Gasteiger partial charge is 0.248 e. The number of rotatable bonds is 7. The van der Waals surface area contributed by atoms with Gasteiger partial charge in [-0.3, -0.25) is 9.48 Å². The van der Waals surface area contributed by atoms with Gasteiger partial charge in [0.1, 0.15) is 5.82 Å². The lowest BCUT2D eigenvalue weighted by atomic mass is 10.1. The van der Waals surface area contributed by atoms with Crippen LogP contribution in [-0.4, -0.2) is 27.4 Å². The Morgan fingerprint density at radius 1 is 1.45 bits per heavy atom. The van der Waals surface area contributed by atoms with E-state index in [1.54, 1.807) is 17.1 Å². The lowest BCUT2D eigenvalue weighted by molar-refractivity contribution is 0.1000. The Bertz CT molecular complexity index is 570. The van der Waals surface area contributed by atoms with Crippen LogP contribution in [0.5, 0.6) is 0 Å². The van der Waals surface area contributed by atoms with Crippen molar-refractivity contribution in [1.29, 1.82) is 0 Å². The van der Waals surface area contributed by atoms with Gasteiger partial charge in [0, 0.05) is 30.4 Å². The molecule has 6 nitrogen and oxygen atoms in total. The molecule has 1 aromatic heterocycles. The summed E-state index contributed by atoms with van der Waals surface area (Å²) in [7, 11) is 0. The fourth-order valence-corrected chi connectivity index (χ4v) is 1.80. The van der Waals surface area contributed by atoms with Gasteiger partial charge in [0.05, 0.1) is 6.20 Å². The number of benzene rings is 1. The molecule has 7 heteroatoms. The van der Waals surface area contributed by atoms with Crippen LogP contribution in [-0.2, 0) is 13.1 Å². The number of amides is 1. The number of halogens is 1. The van der Waals surface area contributed by atoms with E-state index in [0.29, 0.717) is 24.2 Å². The maximum absolute atomic E-state index is 13.6. The molecule has 3 N–H and O–H groups in total. The summed E-state index contributed by atoms with van der Waals surface area (Å²) in [4.78, 5) is 11.0. The summed E-state index contributed by atoms with van der Waals surface area (Å²) in [6.07, 6.45) is 4.26. The second-order valence-corrected chi connectivity index (χ2v) is 4.37. The highest BCUT2D eigenvalue weighted by Gasteiger charge is 2.06. The molecular formula is C13H16FN5O. The molecular weight excluding hydrogens is 261 g/mol. The monoisotopic (exact) mass is 277 g/mol. The summed E-state index contributed by atoms with van der Waals surface area (Å²) in [5.41, 5.74) is 5.91. The Morgan fingerprint density at radius 2 is 2.30 bits per heavy atom. The number of nitrogens with one attached hydrogen (secondary N) is 1. The van der Waals surface area contributed by atoms with Gasteiger partial charge in [0.2, 0.25) is 5.91 Å². The number of aryl methyl sites for hydroxylation is 1. The van der Waals surface area contributed by atoms with Crippen molar-refractivity contribution in [1.82, 2.24) is 20.3 Å². The largest absolute Gasteiger partial charge is 0.366 e. The van der Waals surface area contributed by atoms with E-state index in [-0.39, 0.29) is 5.82 Å². The highest BCUT2D eigenvalue weighted by atomic mass is 19.1. The molecule has 2 aromatic rings. The van der Waals surface area contributed by atoms with Crippen molar-refractivity contribution in [2.24, 2.45) is 5.73 Å². The minimum absolute atomic E-state index is 0.311. The summed E-state index contributed by atoms with van der Waals surface area (Å²) in [6, 6.07) is 4.11. The molecule has 0 saturated heterocycles. The van der Waals surface area contributed by atoms with Crippen LogP contribution in [0.2, 0.25) is 0 Å². The highest BCUT2D eigenvalue weighted by molar-refractivity contribution is 5.92. The van der Waals surface area contributed by atoms with Gasteiger partial charge >= 0.3 is 0 Å². The van der Waals surface area contributed by atoms with E-state index in [0.717, 1.165) is 13.0 Å². The van der Waals surface area contributed by atoms with Gasteiger partial charge in [-0.2, -0.15) is 0 Å². The van der Waals surface area contributed by atoms with E-state index in [2.05, 4.69) is 15.6 Å². The molecule has 2 rings (SSSR count). The number of nitrogens with zero attached hydrogens (tertiary/aromatic N) is 3. The van der Waals surface area contributed by atoms with Crippen LogP contribution in [0.4, 0.5) is 4.39 Å². The number of hydrogen-bond donors (Lipinski definition) is 2. The first-order valence-electron chi connectivity index (χ1n) is 6.30. The number of hydrogen-bond acceptors (Lipinski definition) is 4. The molecule has 0 aliphatic carbocycles. The van der Waals surface area contributed by atoms with E-state index in [4.69, 9.17) is 5.73 Å². The maximum atomic E-state index is 13.6. The van der Waals surface area contributed by atoms with Crippen molar-refractivity contribution in [3.63, 3.8) is 0 Å². The highest BCUT2D eigenvalue weighted by Crippen LogP contribution is 2.10. The first-order valence-corrected chi connectivity index (χ1v) is 6.30. The Balaban J connectivity index is 1.78. The molecule has 0 bridgehead atoms. The average Bonchev–Trinajstić information content (AvgIpc) is 2.93. The summed E-state index contributed by atoms with van der Waals surface area (Å²) in [5.74, 6) is -0.906. The second-order valence-electron chi connectivity index (χ2n) is 4.37. The molecule has 1 aromatic carbocycles. The fraction of sp³-hybridized carbons (Fsp3) is 0.308. The van der Waals surface area contributed by atoms with Crippen LogP contribution in [0.25, 0.3) is 0 Å². The van der Waals surface area contributed by atoms with Crippen LogP contribution in [0.15, 0.2) is 30.6 Å². The van der Waals surface area contributed by atoms with Crippen molar-refractivity contribution in [3.05, 3.63) is 47.5 Å². The van der Waals surface area contributed by atoms with Crippen molar-refractivity contribution in [2.45, 2.75) is 19.5 Å². The zero-order chi connectivity index (χ0) is 14.4. The predicted molar refractivity (Wildman–Crippen MR) is 71.3 cm³/mol. The van der Waals surface area contributed by atoms with Crippen LogP contribution >= 0.6 is 0 Å². The first-order chi connectivity index (χ1) is 9.66. The lowest BCUT2D eigenvalue weighted by Gasteiger charge is -2.07. The molecule has 1 amide bonds. The number of nitrogens with two attached hydrogens (primary N) is 1. The van der Waals surface area contributed by atoms with E-state index in [1.165, 1.54) is 18.2 Å². The molecule has 0 radical (unpaired) electrons. The van der Waals surface area contributed by atoms with Crippen molar-refractivity contribution in [2.75, 3.05) is 6.54 Å². The Kier molecular flexibility index (Phi) is 4.78. The molecule has 0 fully saturated rings. The van der Waals surface area contributed by atoms with Crippen LogP contribution in [0, 0.1) is 5.82 Å². The minimum Gasteiger partial charge on any atom is -0.366 e. The standard InChI is InChI=1S/C13H16FN5O/c14-12-3-2-10(13(15)20)8-11(12)9-16-4-1-6-19-7-5-17-18-19/h2-3,5,7-8,16H,1,4,6,9H2,(H2,15,20). The van der Waals surface area contributed by atoms with Gasteiger partial charge in [0.25, 0.3) is 0 Å². The molecule has 0 saturated carbocycles. The Morgan fingerprint density at radius 3 is 3.00 bits per heavy atom. The molecule has 106 valence electrons. The SMILES string of the molecule is NC(=O)c1ccc(F)c(CNCCCn2ccnn2)c1. The zero-order valence-electron chi connectivity index (χ0n) is 10.9. The van der Waals surface area contributed by atoms with E-state index in [9.17, 15) is 9.18 Å². The molecule has 20 heavy (non-hydrogen) atoms. The van der Waals surface area contributed by atoms with Gasteiger partial charge in [-0.1, -0.05) is 5.21 Å². The topological polar surface area (TPSA) is 85.8 Å². The first kappa shape index (κ1) is 14.1. The van der Waals surface area contributed by atoms with Crippen molar-refractivity contribution in [3.8, 4) is 0 Å². The van der Waals surface area contributed by atoms with Gasteiger partial charge in [-0.05, 0) is 31.2 Å². The molecule has 0 unspecified atom stereocenters. The predicted octanol–water partition coefficient (Wildman–Crippen LogP) is 0.696. The fourth-order valence-electron chi connectivity index (χ4n) is 1.80. The third kappa shape index (κ3) is 3.86. The molecule has 0 aliphatic heterocycles. The Labute approximate surface area is 115 Å². The molecule has 0 atom stereocenters. The zero-order valence-corrected chi connectivity index (χ0v) is 10.9. The normalized spacial score (nSPS) is 10.7. The van der Waals surface area contributed by atoms with Crippen molar-refractivity contribution < 1.29 is 9.18 Å². The van der Waals surface area contributed by atoms with Gasteiger partial charge < -0.3 is 11.1 Å². The van der Waals surface area contributed by atoms with Crippen molar-refractivity contribution >= 4 is 5.91 Å². The number of carbonyl (C=O) groups is 1. The third-order valence-corrected chi connectivity index (χ3v) is 2.86. The van der Waals surface area contributed by atoms with Gasteiger partial charge in [-0.25, -0.2) is 4.39 Å². The second kappa shape index (κ2) is 6.76. The number of aromatic nitrogens is 3. The van der Waals surface area contributed by atoms with Crippen LogP contribution in [0.1, 0.15) is 22.3 Å². The maximum Gasteiger partial charge on any atom is 0.248 e. The molecule has 0 aliphatic rings.